The highest BCUT2D eigenvalue weighted by molar-refractivity contribution is 5.89. The molecule has 0 fully saturated rings. The molecule has 2 amide bonds. The minimum absolute atomic E-state index is 0.0704. The molecule has 1 unspecified atom stereocenters. The summed E-state index contributed by atoms with van der Waals surface area (Å²) in [7, 11) is 1.79. The molecule has 1 aliphatic carbocycles. The predicted octanol–water partition coefficient (Wildman–Crippen LogP) is 2.46. The highest BCUT2D eigenvalue weighted by Crippen LogP contribution is 2.44. The van der Waals surface area contributed by atoms with Gasteiger partial charge in [-0.15, -0.1) is 0 Å². The van der Waals surface area contributed by atoms with Crippen molar-refractivity contribution < 1.29 is 24.2 Å². The topological polar surface area (TPSA) is 123 Å². The molecule has 3 aromatic rings. The fraction of sp³-hybridized carbons (Fsp3) is 0.280. The quantitative estimate of drug-likeness (QED) is 0.449. The Morgan fingerprint density at radius 2 is 1.71 bits per heavy atom. The first-order valence-corrected chi connectivity index (χ1v) is 11.0. The van der Waals surface area contributed by atoms with Crippen LogP contribution in [0.2, 0.25) is 0 Å². The number of aliphatic carboxylic acids is 1. The molecule has 1 heterocycles. The molecule has 3 N–H and O–H groups in total. The van der Waals surface area contributed by atoms with Crippen LogP contribution in [0.25, 0.3) is 11.1 Å². The Morgan fingerprint density at radius 3 is 2.29 bits per heavy atom. The van der Waals surface area contributed by atoms with Gasteiger partial charge in [0.15, 0.2) is 0 Å². The lowest BCUT2D eigenvalue weighted by Gasteiger charge is -2.18. The number of carboxylic acid groups (broad SMARTS) is 1. The largest absolute Gasteiger partial charge is 0.481 e. The first kappa shape index (κ1) is 23.0. The van der Waals surface area contributed by atoms with E-state index in [0.717, 1.165) is 27.9 Å². The van der Waals surface area contributed by atoms with Crippen LogP contribution >= 0.6 is 0 Å². The van der Waals surface area contributed by atoms with Crippen LogP contribution in [0.1, 0.15) is 29.2 Å². The third-order valence-electron chi connectivity index (χ3n) is 5.78. The number of rotatable bonds is 9. The molecule has 0 bridgehead atoms. The van der Waals surface area contributed by atoms with Crippen LogP contribution in [-0.2, 0) is 27.8 Å². The van der Waals surface area contributed by atoms with E-state index in [-0.39, 0.29) is 19.1 Å². The summed E-state index contributed by atoms with van der Waals surface area (Å²) in [5.74, 6) is -1.93. The third kappa shape index (κ3) is 5.25. The highest BCUT2D eigenvalue weighted by Gasteiger charge is 2.30. The Labute approximate surface area is 196 Å². The van der Waals surface area contributed by atoms with Gasteiger partial charge in [0.05, 0.1) is 12.1 Å². The number of hydrogen-bond donors (Lipinski definition) is 3. The monoisotopic (exact) mass is 462 g/mol. The van der Waals surface area contributed by atoms with Crippen molar-refractivity contribution in [2.45, 2.75) is 24.8 Å². The molecule has 0 radical (unpaired) electrons. The molecule has 4 rings (SSSR count). The van der Waals surface area contributed by atoms with E-state index in [1.165, 1.54) is 0 Å². The molecular formula is C25H26N4O5. The molecule has 9 heteroatoms. The number of aryl methyl sites for hydroxylation is 1. The Bertz CT molecular complexity index is 1160. The van der Waals surface area contributed by atoms with E-state index < -0.39 is 30.4 Å². The van der Waals surface area contributed by atoms with Crippen molar-refractivity contribution in [2.24, 2.45) is 7.05 Å². The molecule has 9 nitrogen and oxygen atoms in total. The maximum absolute atomic E-state index is 12.5. The van der Waals surface area contributed by atoms with E-state index in [4.69, 9.17) is 4.74 Å². The lowest BCUT2D eigenvalue weighted by molar-refractivity contribution is -0.139. The van der Waals surface area contributed by atoms with E-state index in [1.54, 1.807) is 17.9 Å². The molecular weight excluding hydrogens is 436 g/mol. The summed E-state index contributed by atoms with van der Waals surface area (Å²) < 4.78 is 7.10. The van der Waals surface area contributed by atoms with E-state index in [0.29, 0.717) is 6.42 Å². The second kappa shape index (κ2) is 10.2. The van der Waals surface area contributed by atoms with Crippen LogP contribution in [-0.4, -0.2) is 52.1 Å². The Balaban J connectivity index is 1.35. The predicted molar refractivity (Wildman–Crippen MR) is 124 cm³/mol. The van der Waals surface area contributed by atoms with Crippen molar-refractivity contribution in [1.82, 2.24) is 20.4 Å². The molecule has 0 spiro atoms. The van der Waals surface area contributed by atoms with E-state index in [9.17, 15) is 19.5 Å². The smallest absolute Gasteiger partial charge is 0.407 e. The lowest BCUT2D eigenvalue weighted by Crippen LogP contribution is -2.48. The van der Waals surface area contributed by atoms with Gasteiger partial charge in [-0.1, -0.05) is 48.5 Å². The summed E-state index contributed by atoms with van der Waals surface area (Å²) >= 11 is 0. The maximum atomic E-state index is 12.5. The van der Waals surface area contributed by atoms with Gasteiger partial charge >= 0.3 is 12.1 Å². The van der Waals surface area contributed by atoms with Gasteiger partial charge in [0.2, 0.25) is 5.91 Å². The zero-order chi connectivity index (χ0) is 24.1. The van der Waals surface area contributed by atoms with E-state index in [2.05, 4.69) is 15.7 Å². The fourth-order valence-corrected chi connectivity index (χ4v) is 4.20. The minimum Gasteiger partial charge on any atom is -0.481 e. The molecule has 0 saturated heterocycles. The molecule has 34 heavy (non-hydrogen) atoms. The summed E-state index contributed by atoms with van der Waals surface area (Å²) in [6.45, 7) is 0.333. The Hall–Kier alpha value is -4.14. The van der Waals surface area contributed by atoms with Crippen LogP contribution < -0.4 is 10.6 Å². The second-order valence-corrected chi connectivity index (χ2v) is 8.14. The minimum atomic E-state index is -1.25. The lowest BCUT2D eigenvalue weighted by atomic mass is 9.98. The summed E-state index contributed by atoms with van der Waals surface area (Å²) in [6.07, 6.45) is 0.882. The molecule has 1 atom stereocenters. The van der Waals surface area contributed by atoms with E-state index >= 15 is 0 Å². The summed E-state index contributed by atoms with van der Waals surface area (Å²) in [4.78, 5) is 36.3. The van der Waals surface area contributed by atoms with Gasteiger partial charge in [-0.25, -0.2) is 4.79 Å². The molecule has 1 aliphatic rings. The van der Waals surface area contributed by atoms with Gasteiger partial charge in [-0.3, -0.25) is 14.3 Å². The molecule has 0 saturated carbocycles. The van der Waals surface area contributed by atoms with Crippen LogP contribution in [0.5, 0.6) is 0 Å². The van der Waals surface area contributed by atoms with Crippen LogP contribution in [0, 0.1) is 0 Å². The number of hydrogen-bond acceptors (Lipinski definition) is 5. The number of carboxylic acids is 1. The fourth-order valence-electron chi connectivity index (χ4n) is 4.20. The number of aromatic nitrogens is 2. The van der Waals surface area contributed by atoms with Gasteiger partial charge in [-0.2, -0.15) is 5.10 Å². The van der Waals surface area contributed by atoms with Crippen molar-refractivity contribution in [3.05, 3.63) is 77.6 Å². The van der Waals surface area contributed by atoms with E-state index in [1.807, 2.05) is 54.6 Å². The molecule has 1 aromatic heterocycles. The molecule has 2 aromatic carbocycles. The summed E-state index contributed by atoms with van der Waals surface area (Å²) in [6, 6.07) is 16.5. The number of carbonyl (C=O) groups excluding carboxylic acids is 2. The third-order valence-corrected chi connectivity index (χ3v) is 5.78. The van der Waals surface area contributed by atoms with Gasteiger partial charge < -0.3 is 20.5 Å². The normalized spacial score (nSPS) is 13.0. The average molecular weight is 463 g/mol. The molecule has 0 aliphatic heterocycles. The molecule has 176 valence electrons. The van der Waals surface area contributed by atoms with Gasteiger partial charge in [0.25, 0.3) is 0 Å². The summed E-state index contributed by atoms with van der Waals surface area (Å²) in [5.41, 5.74) is 5.12. The first-order valence-electron chi connectivity index (χ1n) is 11.0. The van der Waals surface area contributed by atoms with Crippen LogP contribution in [0.4, 0.5) is 4.79 Å². The number of carbonyl (C=O) groups is 3. The average Bonchev–Trinajstić information content (AvgIpc) is 3.37. The van der Waals surface area contributed by atoms with Gasteiger partial charge in [0, 0.05) is 32.1 Å². The first-order chi connectivity index (χ1) is 16.4. The number of fused-ring (bicyclic) bond motifs is 3. The summed E-state index contributed by atoms with van der Waals surface area (Å²) in [5, 5.41) is 18.5. The van der Waals surface area contributed by atoms with Crippen LogP contribution in [0.3, 0.4) is 0 Å². The Kier molecular flexibility index (Phi) is 6.91. The number of nitrogens with one attached hydrogen (secondary N) is 2. The highest BCUT2D eigenvalue weighted by atomic mass is 16.5. The second-order valence-electron chi connectivity index (χ2n) is 8.14. The zero-order valence-corrected chi connectivity index (χ0v) is 18.7. The zero-order valence-electron chi connectivity index (χ0n) is 18.7. The maximum Gasteiger partial charge on any atom is 0.407 e. The van der Waals surface area contributed by atoms with Crippen molar-refractivity contribution in [3.63, 3.8) is 0 Å². The van der Waals surface area contributed by atoms with Gasteiger partial charge in [-0.05, 0) is 28.3 Å². The Morgan fingerprint density at radius 1 is 1.06 bits per heavy atom. The number of alkyl carbamates (subject to hydrolysis) is 1. The number of ether oxygens (including phenoxy) is 1. The van der Waals surface area contributed by atoms with Crippen molar-refractivity contribution >= 4 is 18.0 Å². The van der Waals surface area contributed by atoms with Gasteiger partial charge in [0.1, 0.15) is 12.6 Å². The van der Waals surface area contributed by atoms with Crippen molar-refractivity contribution in [3.8, 4) is 11.1 Å². The SMILES string of the molecule is Cn1ccc(CCNC(=O)C(CC(=O)O)NC(=O)OCC2c3ccccc3-c3ccccc32)n1. The van der Waals surface area contributed by atoms with Crippen LogP contribution in [0.15, 0.2) is 60.8 Å². The number of benzene rings is 2. The van der Waals surface area contributed by atoms with Crippen molar-refractivity contribution in [2.75, 3.05) is 13.2 Å². The number of nitrogens with zero attached hydrogens (tertiary/aromatic N) is 2. The standard InChI is InChI=1S/C25H26N4O5/c1-29-13-11-16(28-29)10-12-26-24(32)22(14-23(30)31)27-25(33)34-15-21-19-8-4-2-6-17(19)18-7-3-5-9-20(18)21/h2-9,11,13,21-22H,10,12,14-15H2,1H3,(H,26,32)(H,27,33)(H,30,31). The number of amides is 2. The van der Waals surface area contributed by atoms with Crippen molar-refractivity contribution in [1.29, 1.82) is 0 Å².